The second-order valence-electron chi connectivity index (χ2n) is 4.41. The van der Waals surface area contributed by atoms with Crippen LogP contribution in [0.5, 0.6) is 5.75 Å². The number of nitrogens with zero attached hydrogens (tertiary/aromatic N) is 1. The summed E-state index contributed by atoms with van der Waals surface area (Å²) in [6.07, 6.45) is 1.51. The number of nitro benzene ring substituents is 1. The first-order valence-electron chi connectivity index (χ1n) is 6.36. The van der Waals surface area contributed by atoms with Crippen LogP contribution >= 0.6 is 0 Å². The fourth-order valence-corrected chi connectivity index (χ4v) is 1.86. The number of hydrogen-bond acceptors (Lipinski definition) is 6. The van der Waals surface area contributed by atoms with E-state index in [9.17, 15) is 14.9 Å². The van der Waals surface area contributed by atoms with Gasteiger partial charge in [-0.1, -0.05) is 0 Å². The van der Waals surface area contributed by atoms with Gasteiger partial charge in [-0.2, -0.15) is 0 Å². The fraction of sp³-hybridized carbons (Fsp3) is 0.462. The minimum atomic E-state index is -0.825. The molecule has 0 aliphatic carbocycles. The van der Waals surface area contributed by atoms with Gasteiger partial charge in [0.25, 0.3) is 5.69 Å². The molecule has 1 unspecified atom stereocenters. The molecule has 1 aliphatic heterocycles. The summed E-state index contributed by atoms with van der Waals surface area (Å²) in [4.78, 5) is 21.5. The first-order chi connectivity index (χ1) is 9.65. The van der Waals surface area contributed by atoms with Crippen LogP contribution in [-0.4, -0.2) is 30.4 Å². The van der Waals surface area contributed by atoms with Crippen molar-refractivity contribution in [1.29, 1.82) is 0 Å². The van der Waals surface area contributed by atoms with Crippen LogP contribution in [-0.2, 0) is 9.47 Å². The summed E-state index contributed by atoms with van der Waals surface area (Å²) in [6.45, 7) is 1.05. The van der Waals surface area contributed by atoms with Crippen molar-refractivity contribution in [2.24, 2.45) is 0 Å². The zero-order chi connectivity index (χ0) is 14.4. The summed E-state index contributed by atoms with van der Waals surface area (Å²) < 4.78 is 15.4. The molecule has 1 fully saturated rings. The van der Waals surface area contributed by atoms with Crippen molar-refractivity contribution in [3.63, 3.8) is 0 Å². The molecule has 108 valence electrons. The Morgan fingerprint density at radius 3 is 2.75 bits per heavy atom. The fourth-order valence-electron chi connectivity index (χ4n) is 1.86. The normalized spacial score (nSPS) is 18.9. The second-order valence-corrected chi connectivity index (χ2v) is 4.41. The van der Waals surface area contributed by atoms with Gasteiger partial charge in [0.1, 0.15) is 11.9 Å². The molecule has 1 heterocycles. The van der Waals surface area contributed by atoms with E-state index in [0.717, 1.165) is 19.3 Å². The molecular weight excluding hydrogens is 266 g/mol. The molecule has 0 aromatic heterocycles. The number of carbonyl (C=O) groups is 1. The van der Waals surface area contributed by atoms with Gasteiger partial charge in [-0.15, -0.1) is 0 Å². The third-order valence-electron chi connectivity index (χ3n) is 2.88. The van der Waals surface area contributed by atoms with Gasteiger partial charge in [0.15, 0.2) is 0 Å². The highest BCUT2D eigenvalue weighted by molar-refractivity contribution is 5.64. The van der Waals surface area contributed by atoms with Gasteiger partial charge in [-0.05, 0) is 31.4 Å². The zero-order valence-electron chi connectivity index (χ0n) is 10.8. The van der Waals surface area contributed by atoms with Crippen LogP contribution in [0.25, 0.3) is 0 Å². The Balaban J connectivity index is 1.85. The Labute approximate surface area is 115 Å². The Bertz CT molecular complexity index is 464. The maximum Gasteiger partial charge on any atom is 0.514 e. The first kappa shape index (κ1) is 14.3. The van der Waals surface area contributed by atoms with Gasteiger partial charge in [-0.3, -0.25) is 10.1 Å². The molecular formula is C13H15NO6. The van der Waals surface area contributed by atoms with Gasteiger partial charge in [0.05, 0.1) is 11.5 Å². The highest BCUT2D eigenvalue weighted by Gasteiger charge is 2.18. The number of non-ortho nitro benzene ring substituents is 1. The lowest BCUT2D eigenvalue weighted by Gasteiger charge is -2.14. The Kier molecular flexibility index (Phi) is 4.89. The van der Waals surface area contributed by atoms with Crippen molar-refractivity contribution >= 4 is 11.8 Å². The Hall–Kier alpha value is -2.15. The van der Waals surface area contributed by atoms with Crippen LogP contribution in [0.4, 0.5) is 10.5 Å². The van der Waals surface area contributed by atoms with Gasteiger partial charge in [0, 0.05) is 18.7 Å². The van der Waals surface area contributed by atoms with E-state index in [2.05, 4.69) is 0 Å². The third kappa shape index (κ3) is 4.20. The van der Waals surface area contributed by atoms with Crippen LogP contribution in [0.1, 0.15) is 19.3 Å². The van der Waals surface area contributed by atoms with E-state index >= 15 is 0 Å². The van der Waals surface area contributed by atoms with Crippen molar-refractivity contribution in [1.82, 2.24) is 0 Å². The van der Waals surface area contributed by atoms with Gasteiger partial charge in [-0.25, -0.2) is 4.79 Å². The number of benzene rings is 1. The molecule has 1 atom stereocenters. The zero-order valence-corrected chi connectivity index (χ0v) is 10.8. The van der Waals surface area contributed by atoms with E-state index in [0.29, 0.717) is 13.2 Å². The number of hydrogen-bond donors (Lipinski definition) is 0. The molecule has 0 spiro atoms. The molecule has 1 saturated heterocycles. The number of nitro groups is 1. The molecule has 0 radical (unpaired) electrons. The molecule has 2 rings (SSSR count). The Morgan fingerprint density at radius 1 is 1.30 bits per heavy atom. The summed E-state index contributed by atoms with van der Waals surface area (Å²) in [7, 11) is 0. The van der Waals surface area contributed by atoms with Crippen LogP contribution < -0.4 is 4.74 Å². The van der Waals surface area contributed by atoms with Crippen molar-refractivity contribution < 1.29 is 23.9 Å². The van der Waals surface area contributed by atoms with E-state index in [-0.39, 0.29) is 17.5 Å². The van der Waals surface area contributed by atoms with Crippen LogP contribution in [0.2, 0.25) is 0 Å². The lowest BCUT2D eigenvalue weighted by Crippen LogP contribution is -2.24. The first-order valence-corrected chi connectivity index (χ1v) is 6.36. The van der Waals surface area contributed by atoms with Crippen LogP contribution in [0, 0.1) is 10.1 Å². The van der Waals surface area contributed by atoms with Gasteiger partial charge < -0.3 is 14.2 Å². The molecule has 0 bridgehead atoms. The number of carbonyl (C=O) groups excluding carboxylic acids is 1. The van der Waals surface area contributed by atoms with E-state index < -0.39 is 11.1 Å². The molecule has 0 N–H and O–H groups in total. The van der Waals surface area contributed by atoms with Crippen molar-refractivity contribution in [3.05, 3.63) is 34.4 Å². The molecule has 20 heavy (non-hydrogen) atoms. The van der Waals surface area contributed by atoms with E-state index in [1.54, 1.807) is 0 Å². The van der Waals surface area contributed by atoms with Crippen LogP contribution in [0.3, 0.4) is 0 Å². The van der Waals surface area contributed by atoms with E-state index in [1.807, 2.05) is 0 Å². The quantitative estimate of drug-likeness (QED) is 0.366. The predicted octanol–water partition coefficient (Wildman–Crippen LogP) is 2.68. The lowest BCUT2D eigenvalue weighted by atomic mass is 10.2. The maximum atomic E-state index is 11.6. The van der Waals surface area contributed by atoms with Gasteiger partial charge >= 0.3 is 6.16 Å². The lowest BCUT2D eigenvalue weighted by molar-refractivity contribution is -0.384. The maximum absolute atomic E-state index is 11.6. The minimum absolute atomic E-state index is 0.0668. The molecule has 1 aromatic carbocycles. The molecule has 7 nitrogen and oxygen atoms in total. The summed E-state index contributed by atoms with van der Waals surface area (Å²) in [5, 5.41) is 10.5. The molecule has 7 heteroatoms. The Morgan fingerprint density at radius 2 is 2.05 bits per heavy atom. The summed E-state index contributed by atoms with van der Waals surface area (Å²) in [5.74, 6) is 0.204. The average Bonchev–Trinajstić information content (AvgIpc) is 2.68. The number of rotatable bonds is 3. The third-order valence-corrected chi connectivity index (χ3v) is 2.88. The molecule has 0 saturated carbocycles. The standard InChI is InChI=1S/C13H15NO6/c15-13(20-12-3-1-2-8-18-9-12)19-11-6-4-10(5-7-11)14(16)17/h4-7,12H,1-3,8-9H2. The monoisotopic (exact) mass is 281 g/mol. The smallest absolute Gasteiger partial charge is 0.428 e. The van der Waals surface area contributed by atoms with Gasteiger partial charge in [0.2, 0.25) is 0 Å². The largest absolute Gasteiger partial charge is 0.514 e. The summed E-state index contributed by atoms with van der Waals surface area (Å²) >= 11 is 0. The number of ether oxygens (including phenoxy) is 3. The van der Waals surface area contributed by atoms with E-state index in [1.165, 1.54) is 24.3 Å². The van der Waals surface area contributed by atoms with E-state index in [4.69, 9.17) is 14.2 Å². The SMILES string of the molecule is O=C(Oc1ccc([N+](=O)[O-])cc1)OC1CCCCOC1. The highest BCUT2D eigenvalue weighted by Crippen LogP contribution is 2.18. The topological polar surface area (TPSA) is 87.9 Å². The van der Waals surface area contributed by atoms with Crippen molar-refractivity contribution in [2.75, 3.05) is 13.2 Å². The summed E-state index contributed by atoms with van der Waals surface area (Å²) in [5.41, 5.74) is -0.0668. The minimum Gasteiger partial charge on any atom is -0.428 e. The molecule has 0 amide bonds. The second kappa shape index (κ2) is 6.85. The predicted molar refractivity (Wildman–Crippen MR) is 68.7 cm³/mol. The highest BCUT2D eigenvalue weighted by atomic mass is 16.7. The van der Waals surface area contributed by atoms with Crippen molar-refractivity contribution in [3.8, 4) is 5.75 Å². The molecule has 1 aliphatic rings. The summed E-state index contributed by atoms with van der Waals surface area (Å²) in [6, 6.07) is 5.22. The van der Waals surface area contributed by atoms with Crippen molar-refractivity contribution in [2.45, 2.75) is 25.4 Å². The average molecular weight is 281 g/mol. The molecule has 1 aromatic rings. The van der Waals surface area contributed by atoms with Crippen LogP contribution in [0.15, 0.2) is 24.3 Å².